The average molecular weight is 311 g/mol. The third-order valence-corrected chi connectivity index (χ3v) is 4.01. The Morgan fingerprint density at radius 2 is 1.15 bits per heavy atom. The van der Waals surface area contributed by atoms with Gasteiger partial charge in [-0.05, 0) is 26.0 Å². The molecule has 0 amide bonds. The summed E-state index contributed by atoms with van der Waals surface area (Å²) in [6.07, 6.45) is 0. The minimum Gasteiger partial charge on any atom is -0.493 e. The van der Waals surface area contributed by atoms with Gasteiger partial charge in [0, 0.05) is 10.6 Å². The van der Waals surface area contributed by atoms with Gasteiger partial charge < -0.3 is 9.47 Å². The summed E-state index contributed by atoms with van der Waals surface area (Å²) in [7, 11) is 0.544. The number of benzene rings is 2. The van der Waals surface area contributed by atoms with Crippen LogP contribution >= 0.6 is 21.0 Å². The third-order valence-electron chi connectivity index (χ3n) is 2.64. The average Bonchev–Trinajstić information content (AvgIpc) is 2.44. The van der Waals surface area contributed by atoms with Gasteiger partial charge >= 0.3 is 0 Å². The maximum atomic E-state index is 5.68. The molecule has 0 saturated heterocycles. The van der Waals surface area contributed by atoms with Crippen LogP contribution in [0.5, 0.6) is 11.5 Å². The monoisotopic (exact) mass is 310 g/mol. The normalized spacial score (nSPS) is 9.70. The van der Waals surface area contributed by atoms with E-state index >= 15 is 0 Å². The second-order valence-corrected chi connectivity index (χ2v) is 5.31. The molecule has 0 N–H and O–H groups in total. The molecule has 2 aromatic carbocycles. The first kappa shape index (κ1) is 16.8. The molecule has 4 heteroatoms. The Morgan fingerprint density at radius 3 is 1.55 bits per heavy atom. The van der Waals surface area contributed by atoms with Crippen LogP contribution in [-0.2, 0) is 0 Å². The van der Waals surface area contributed by atoms with Crippen LogP contribution in [0.25, 0.3) is 0 Å². The fourth-order valence-electron chi connectivity index (χ4n) is 1.85. The van der Waals surface area contributed by atoms with Crippen molar-refractivity contribution in [1.82, 2.24) is 0 Å². The van der Waals surface area contributed by atoms with Gasteiger partial charge in [-0.3, -0.25) is 0 Å². The van der Waals surface area contributed by atoms with Gasteiger partial charge in [-0.2, -0.15) is 0 Å². The fourth-order valence-corrected chi connectivity index (χ4v) is 3.05. The molecular weight excluding hydrogens is 291 g/mol. The van der Waals surface area contributed by atoms with Crippen molar-refractivity contribution < 1.29 is 9.47 Å². The van der Waals surface area contributed by atoms with Crippen molar-refractivity contribution in [2.45, 2.75) is 13.8 Å². The van der Waals surface area contributed by atoms with Gasteiger partial charge in [0.05, 0.1) is 13.2 Å². The number of para-hydroxylation sites is 2. The number of halogens is 1. The van der Waals surface area contributed by atoms with E-state index in [1.165, 1.54) is 10.6 Å². The van der Waals surface area contributed by atoms with Gasteiger partial charge in [-0.15, -0.1) is 12.4 Å². The summed E-state index contributed by atoms with van der Waals surface area (Å²) in [6, 6.07) is 16.4. The van der Waals surface area contributed by atoms with Gasteiger partial charge in [0.2, 0.25) is 0 Å². The molecule has 0 fully saturated rings. The molecule has 2 nitrogen and oxygen atoms in total. The van der Waals surface area contributed by atoms with Crippen molar-refractivity contribution in [3.05, 3.63) is 48.5 Å². The zero-order valence-corrected chi connectivity index (χ0v) is 13.6. The van der Waals surface area contributed by atoms with Gasteiger partial charge in [-0.1, -0.05) is 45.0 Å². The SMILES string of the molecule is CCOc1ccccc1Pc1ccccc1OCC.Cl. The highest BCUT2D eigenvalue weighted by Gasteiger charge is 2.07. The second-order valence-electron chi connectivity index (χ2n) is 3.98. The highest BCUT2D eigenvalue weighted by atomic mass is 35.5. The molecule has 0 radical (unpaired) electrons. The predicted octanol–water partition coefficient (Wildman–Crippen LogP) is 3.54. The summed E-state index contributed by atoms with van der Waals surface area (Å²) < 4.78 is 11.4. The molecule has 2 rings (SSSR count). The zero-order valence-electron chi connectivity index (χ0n) is 11.8. The summed E-state index contributed by atoms with van der Waals surface area (Å²) in [5.74, 6) is 1.93. The van der Waals surface area contributed by atoms with Crippen LogP contribution in [0.3, 0.4) is 0 Å². The van der Waals surface area contributed by atoms with E-state index in [1.54, 1.807) is 0 Å². The molecule has 20 heavy (non-hydrogen) atoms. The quantitative estimate of drug-likeness (QED) is 0.760. The van der Waals surface area contributed by atoms with Crippen molar-refractivity contribution in [3.8, 4) is 11.5 Å². The number of hydrogen-bond acceptors (Lipinski definition) is 2. The number of ether oxygens (including phenoxy) is 2. The first-order valence-electron chi connectivity index (χ1n) is 6.55. The summed E-state index contributed by atoms with van der Waals surface area (Å²) in [5.41, 5.74) is 0. The van der Waals surface area contributed by atoms with Crippen molar-refractivity contribution in [3.63, 3.8) is 0 Å². The Kier molecular flexibility index (Phi) is 7.43. The molecule has 0 heterocycles. The minimum atomic E-state index is 0. The summed E-state index contributed by atoms with van der Waals surface area (Å²) >= 11 is 0. The Bertz CT molecular complexity index is 484. The topological polar surface area (TPSA) is 18.5 Å². The van der Waals surface area contributed by atoms with Gasteiger partial charge in [0.15, 0.2) is 0 Å². The Balaban J connectivity index is 0.00000200. The molecule has 108 valence electrons. The number of rotatable bonds is 6. The summed E-state index contributed by atoms with van der Waals surface area (Å²) in [6.45, 7) is 5.39. The molecule has 2 aromatic rings. The van der Waals surface area contributed by atoms with Crippen LogP contribution in [0.2, 0.25) is 0 Å². The molecule has 0 aliphatic rings. The van der Waals surface area contributed by atoms with E-state index in [-0.39, 0.29) is 12.4 Å². The molecule has 0 aliphatic heterocycles. The molecule has 0 bridgehead atoms. The second kappa shape index (κ2) is 8.84. The number of hydrogen-bond donors (Lipinski definition) is 0. The molecule has 0 atom stereocenters. The van der Waals surface area contributed by atoms with Crippen LogP contribution in [0.4, 0.5) is 0 Å². The van der Waals surface area contributed by atoms with E-state index in [1.807, 2.05) is 50.2 Å². The molecule has 0 saturated carbocycles. The maximum Gasteiger partial charge on any atom is 0.126 e. The van der Waals surface area contributed by atoms with E-state index in [0.717, 1.165) is 11.5 Å². The minimum absolute atomic E-state index is 0. The summed E-state index contributed by atoms with van der Waals surface area (Å²) in [4.78, 5) is 0. The van der Waals surface area contributed by atoms with Crippen molar-refractivity contribution in [2.75, 3.05) is 13.2 Å². The Labute approximate surface area is 128 Å². The van der Waals surface area contributed by atoms with Crippen LogP contribution in [0.1, 0.15) is 13.8 Å². The van der Waals surface area contributed by atoms with E-state index < -0.39 is 0 Å². The third kappa shape index (κ3) is 4.40. The highest BCUT2D eigenvalue weighted by Crippen LogP contribution is 2.23. The lowest BCUT2D eigenvalue weighted by molar-refractivity contribution is 0.342. The zero-order chi connectivity index (χ0) is 13.5. The highest BCUT2D eigenvalue weighted by molar-refractivity contribution is 7.56. The molecular formula is C16H20ClO2P. The molecule has 0 aromatic heterocycles. The first-order chi connectivity index (χ1) is 9.35. The fraction of sp³-hybridized carbons (Fsp3) is 0.250. The lowest BCUT2D eigenvalue weighted by Crippen LogP contribution is -2.10. The maximum absolute atomic E-state index is 5.68. The van der Waals surface area contributed by atoms with Crippen LogP contribution in [-0.4, -0.2) is 13.2 Å². The lowest BCUT2D eigenvalue weighted by atomic mass is 10.3. The summed E-state index contributed by atoms with van der Waals surface area (Å²) in [5, 5.41) is 2.44. The van der Waals surface area contributed by atoms with E-state index in [9.17, 15) is 0 Å². The molecule has 0 unspecified atom stereocenters. The smallest absolute Gasteiger partial charge is 0.126 e. The Morgan fingerprint density at radius 1 is 0.750 bits per heavy atom. The van der Waals surface area contributed by atoms with Gasteiger partial charge in [0.25, 0.3) is 0 Å². The van der Waals surface area contributed by atoms with Crippen molar-refractivity contribution >= 4 is 31.6 Å². The van der Waals surface area contributed by atoms with Crippen molar-refractivity contribution in [1.29, 1.82) is 0 Å². The van der Waals surface area contributed by atoms with Gasteiger partial charge in [0.1, 0.15) is 11.5 Å². The predicted molar refractivity (Wildman–Crippen MR) is 90.1 cm³/mol. The largest absolute Gasteiger partial charge is 0.493 e. The lowest BCUT2D eigenvalue weighted by Gasteiger charge is -2.13. The standard InChI is InChI=1S/C16H19O2P.ClH/c1-3-17-13-9-5-7-11-15(13)19-16-12-8-6-10-14(16)18-4-2;/h5-12,19H,3-4H2,1-2H3;1H. The van der Waals surface area contributed by atoms with Crippen molar-refractivity contribution in [2.24, 2.45) is 0 Å². The Hall–Kier alpha value is -1.24. The first-order valence-corrected chi connectivity index (χ1v) is 7.55. The molecule has 0 aliphatic carbocycles. The van der Waals surface area contributed by atoms with E-state index in [0.29, 0.717) is 21.8 Å². The molecule has 0 spiro atoms. The van der Waals surface area contributed by atoms with Crippen LogP contribution in [0.15, 0.2) is 48.5 Å². The van der Waals surface area contributed by atoms with E-state index in [4.69, 9.17) is 9.47 Å². The van der Waals surface area contributed by atoms with Crippen LogP contribution in [0, 0.1) is 0 Å². The van der Waals surface area contributed by atoms with Gasteiger partial charge in [-0.25, -0.2) is 0 Å². The van der Waals surface area contributed by atoms with E-state index in [2.05, 4.69) is 12.1 Å². The van der Waals surface area contributed by atoms with Crippen LogP contribution < -0.4 is 20.1 Å².